The molecule has 20 heavy (non-hydrogen) atoms. The zero-order chi connectivity index (χ0) is 15.2. The summed E-state index contributed by atoms with van der Waals surface area (Å²) in [6.07, 6.45) is 4.72. The molecule has 0 amide bonds. The van der Waals surface area contributed by atoms with E-state index in [4.69, 9.17) is 0 Å². The highest BCUT2D eigenvalue weighted by Gasteiger charge is 2.00. The van der Waals surface area contributed by atoms with Crippen molar-refractivity contribution < 1.29 is 9.53 Å². The maximum absolute atomic E-state index is 10.9. The summed E-state index contributed by atoms with van der Waals surface area (Å²) >= 11 is 0. The van der Waals surface area contributed by atoms with Crippen molar-refractivity contribution in [2.75, 3.05) is 26.7 Å². The Labute approximate surface area is 123 Å². The zero-order valence-corrected chi connectivity index (χ0v) is 13.5. The number of hydrogen-bond donors (Lipinski definition) is 2. The first-order valence-corrected chi connectivity index (χ1v) is 7.69. The lowest BCUT2D eigenvalue weighted by molar-refractivity contribution is -0.140. The molecule has 0 atom stereocenters. The van der Waals surface area contributed by atoms with E-state index in [1.807, 2.05) is 0 Å². The van der Waals surface area contributed by atoms with Gasteiger partial charge in [0.2, 0.25) is 0 Å². The van der Waals surface area contributed by atoms with Crippen molar-refractivity contribution in [3.8, 4) is 0 Å². The van der Waals surface area contributed by atoms with E-state index in [1.54, 1.807) is 0 Å². The molecular formula is C15H31N3O2. The maximum atomic E-state index is 10.9. The predicted octanol–water partition coefficient (Wildman–Crippen LogP) is 2.32. The Hall–Kier alpha value is -1.26. The van der Waals surface area contributed by atoms with Crippen LogP contribution in [-0.2, 0) is 9.53 Å². The second kappa shape index (κ2) is 12.8. The van der Waals surface area contributed by atoms with Gasteiger partial charge in [-0.15, -0.1) is 0 Å². The smallest absolute Gasteiger partial charge is 0.305 e. The number of hydrogen-bond acceptors (Lipinski definition) is 3. The number of rotatable bonds is 10. The topological polar surface area (TPSA) is 62.7 Å². The number of carbonyl (C=O) groups excluding carboxylic acids is 1. The molecule has 5 nitrogen and oxygen atoms in total. The van der Waals surface area contributed by atoms with Crippen molar-refractivity contribution in [3.63, 3.8) is 0 Å². The van der Waals surface area contributed by atoms with Crippen LogP contribution in [0.15, 0.2) is 4.99 Å². The average molecular weight is 285 g/mol. The van der Waals surface area contributed by atoms with E-state index >= 15 is 0 Å². The van der Waals surface area contributed by atoms with Crippen LogP contribution in [0, 0.1) is 5.92 Å². The fourth-order valence-corrected chi connectivity index (χ4v) is 1.67. The molecule has 0 spiro atoms. The molecule has 0 aliphatic rings. The van der Waals surface area contributed by atoms with Gasteiger partial charge in [0.25, 0.3) is 0 Å². The largest absolute Gasteiger partial charge is 0.469 e. The van der Waals surface area contributed by atoms with Gasteiger partial charge in [-0.1, -0.05) is 26.7 Å². The van der Waals surface area contributed by atoms with Gasteiger partial charge < -0.3 is 15.4 Å². The van der Waals surface area contributed by atoms with Crippen LogP contribution in [0.1, 0.15) is 52.9 Å². The summed E-state index contributed by atoms with van der Waals surface area (Å²) in [5, 5.41) is 6.57. The molecule has 0 aliphatic heterocycles. The van der Waals surface area contributed by atoms with Gasteiger partial charge in [0.05, 0.1) is 7.11 Å². The van der Waals surface area contributed by atoms with Gasteiger partial charge in [-0.25, -0.2) is 0 Å². The fraction of sp³-hybridized carbons (Fsp3) is 0.867. The second-order valence-electron chi connectivity index (χ2n) is 5.28. The number of methoxy groups -OCH3 is 1. The first kappa shape index (κ1) is 18.7. The van der Waals surface area contributed by atoms with Crippen molar-refractivity contribution in [1.29, 1.82) is 0 Å². The molecule has 0 saturated carbocycles. The van der Waals surface area contributed by atoms with Gasteiger partial charge in [0, 0.05) is 26.1 Å². The monoisotopic (exact) mass is 285 g/mol. The average Bonchev–Trinajstić information content (AvgIpc) is 2.43. The van der Waals surface area contributed by atoms with Gasteiger partial charge in [-0.2, -0.15) is 0 Å². The van der Waals surface area contributed by atoms with Crippen LogP contribution in [0.2, 0.25) is 0 Å². The summed E-state index contributed by atoms with van der Waals surface area (Å²) in [5.41, 5.74) is 0. The minimum Gasteiger partial charge on any atom is -0.469 e. The SMILES string of the molecule is CCNC(=NCC(C)C)NCCCCCCC(=O)OC. The predicted molar refractivity (Wildman–Crippen MR) is 83.9 cm³/mol. The molecule has 0 heterocycles. The summed E-state index contributed by atoms with van der Waals surface area (Å²) < 4.78 is 4.61. The molecule has 0 fully saturated rings. The molecular weight excluding hydrogens is 254 g/mol. The third kappa shape index (κ3) is 11.8. The molecule has 0 aliphatic carbocycles. The van der Waals surface area contributed by atoms with Gasteiger partial charge in [0.15, 0.2) is 5.96 Å². The van der Waals surface area contributed by atoms with E-state index < -0.39 is 0 Å². The highest BCUT2D eigenvalue weighted by atomic mass is 16.5. The van der Waals surface area contributed by atoms with Gasteiger partial charge in [-0.3, -0.25) is 9.79 Å². The Morgan fingerprint density at radius 3 is 2.45 bits per heavy atom. The lowest BCUT2D eigenvalue weighted by atomic mass is 10.1. The van der Waals surface area contributed by atoms with E-state index in [0.29, 0.717) is 12.3 Å². The standard InChI is InChI=1S/C15H31N3O2/c1-5-16-15(18-12-13(2)3)17-11-9-7-6-8-10-14(19)20-4/h13H,5-12H2,1-4H3,(H2,16,17,18). The Kier molecular flexibility index (Phi) is 12.0. The third-order valence-electron chi connectivity index (χ3n) is 2.79. The minimum absolute atomic E-state index is 0.113. The van der Waals surface area contributed by atoms with Crippen LogP contribution in [0.4, 0.5) is 0 Å². The summed E-state index contributed by atoms with van der Waals surface area (Å²) in [7, 11) is 1.44. The van der Waals surface area contributed by atoms with Crippen LogP contribution in [0.25, 0.3) is 0 Å². The Balaban J connectivity index is 3.63. The summed E-state index contributed by atoms with van der Waals surface area (Å²) in [6.45, 7) is 9.03. The quantitative estimate of drug-likeness (QED) is 0.280. The van der Waals surface area contributed by atoms with Crippen LogP contribution in [0.3, 0.4) is 0 Å². The zero-order valence-electron chi connectivity index (χ0n) is 13.5. The number of ether oxygens (including phenoxy) is 1. The molecule has 0 bridgehead atoms. The number of esters is 1. The Morgan fingerprint density at radius 2 is 1.85 bits per heavy atom. The summed E-state index contributed by atoms with van der Waals surface area (Å²) in [5.74, 6) is 1.36. The van der Waals surface area contributed by atoms with Crippen LogP contribution >= 0.6 is 0 Å². The van der Waals surface area contributed by atoms with E-state index in [9.17, 15) is 4.79 Å². The first-order chi connectivity index (χ1) is 9.60. The van der Waals surface area contributed by atoms with Crippen molar-refractivity contribution in [2.24, 2.45) is 10.9 Å². The number of unbranched alkanes of at least 4 members (excludes halogenated alkanes) is 3. The van der Waals surface area contributed by atoms with E-state index in [2.05, 4.69) is 41.1 Å². The van der Waals surface area contributed by atoms with Crippen LogP contribution < -0.4 is 10.6 Å². The van der Waals surface area contributed by atoms with Crippen molar-refractivity contribution in [2.45, 2.75) is 52.9 Å². The van der Waals surface area contributed by atoms with Gasteiger partial charge in [0.1, 0.15) is 0 Å². The van der Waals surface area contributed by atoms with Gasteiger partial charge in [-0.05, 0) is 25.7 Å². The molecule has 0 aromatic carbocycles. The molecule has 0 rings (SSSR count). The fourth-order valence-electron chi connectivity index (χ4n) is 1.67. The number of guanidine groups is 1. The second-order valence-corrected chi connectivity index (χ2v) is 5.28. The maximum Gasteiger partial charge on any atom is 0.305 e. The summed E-state index contributed by atoms with van der Waals surface area (Å²) in [4.78, 5) is 15.4. The van der Waals surface area contributed by atoms with E-state index in [-0.39, 0.29) is 5.97 Å². The van der Waals surface area contributed by atoms with Crippen molar-refractivity contribution >= 4 is 11.9 Å². The number of nitrogens with zero attached hydrogens (tertiary/aromatic N) is 1. The Morgan fingerprint density at radius 1 is 1.15 bits per heavy atom. The third-order valence-corrected chi connectivity index (χ3v) is 2.79. The normalized spacial score (nSPS) is 11.6. The first-order valence-electron chi connectivity index (χ1n) is 7.69. The highest BCUT2D eigenvalue weighted by Crippen LogP contribution is 2.03. The minimum atomic E-state index is -0.113. The lowest BCUT2D eigenvalue weighted by Crippen LogP contribution is -2.38. The molecule has 0 aromatic rings. The van der Waals surface area contributed by atoms with E-state index in [0.717, 1.165) is 51.3 Å². The van der Waals surface area contributed by atoms with Crippen LogP contribution in [0.5, 0.6) is 0 Å². The number of carbonyl (C=O) groups is 1. The van der Waals surface area contributed by atoms with E-state index in [1.165, 1.54) is 7.11 Å². The van der Waals surface area contributed by atoms with Crippen LogP contribution in [-0.4, -0.2) is 38.7 Å². The molecule has 2 N–H and O–H groups in total. The number of nitrogens with one attached hydrogen (secondary N) is 2. The van der Waals surface area contributed by atoms with Crippen molar-refractivity contribution in [1.82, 2.24) is 10.6 Å². The number of aliphatic imine (C=N–C) groups is 1. The molecule has 0 saturated heterocycles. The molecule has 0 unspecified atom stereocenters. The molecule has 0 aromatic heterocycles. The molecule has 5 heteroatoms. The summed E-state index contributed by atoms with van der Waals surface area (Å²) in [6, 6.07) is 0. The molecule has 118 valence electrons. The van der Waals surface area contributed by atoms with Gasteiger partial charge >= 0.3 is 5.97 Å². The lowest BCUT2D eigenvalue weighted by Gasteiger charge is -2.11. The molecule has 0 radical (unpaired) electrons. The van der Waals surface area contributed by atoms with Crippen molar-refractivity contribution in [3.05, 3.63) is 0 Å². The highest BCUT2D eigenvalue weighted by molar-refractivity contribution is 5.79. The Bertz CT molecular complexity index is 278.